The molecule has 88 valence electrons. The first kappa shape index (κ1) is 12.4. The average Bonchev–Trinajstić information content (AvgIpc) is 2.32. The molecule has 2 rings (SSSR count). The molecular formula is C13H11FINO. The van der Waals surface area contributed by atoms with Gasteiger partial charge in [-0.15, -0.1) is 0 Å². The van der Waals surface area contributed by atoms with Gasteiger partial charge in [-0.25, -0.2) is 4.39 Å². The van der Waals surface area contributed by atoms with E-state index in [1.165, 1.54) is 12.3 Å². The van der Waals surface area contributed by atoms with Crippen molar-refractivity contribution in [2.24, 2.45) is 0 Å². The van der Waals surface area contributed by atoms with Crippen molar-refractivity contribution in [3.8, 4) is 0 Å². The smallest absolute Gasteiger partial charge is 0.147 e. The topological polar surface area (TPSA) is 33.1 Å². The van der Waals surface area contributed by atoms with Crippen LogP contribution in [0.3, 0.4) is 0 Å². The van der Waals surface area contributed by atoms with Crippen molar-refractivity contribution in [1.82, 2.24) is 4.98 Å². The third-order valence-electron chi connectivity index (χ3n) is 2.51. The Bertz CT molecular complexity index is 501. The van der Waals surface area contributed by atoms with Crippen LogP contribution in [0.5, 0.6) is 0 Å². The van der Waals surface area contributed by atoms with E-state index >= 15 is 0 Å². The second-order valence-electron chi connectivity index (χ2n) is 3.74. The molecule has 0 aliphatic heterocycles. The van der Waals surface area contributed by atoms with Gasteiger partial charge < -0.3 is 5.11 Å². The molecule has 0 aliphatic carbocycles. The molecule has 0 saturated heterocycles. The van der Waals surface area contributed by atoms with Crippen molar-refractivity contribution in [3.63, 3.8) is 0 Å². The van der Waals surface area contributed by atoms with Gasteiger partial charge in [-0.1, -0.05) is 12.1 Å². The van der Waals surface area contributed by atoms with Crippen LogP contribution >= 0.6 is 22.6 Å². The Morgan fingerprint density at radius 1 is 1.24 bits per heavy atom. The Kier molecular flexibility index (Phi) is 4.06. The first-order valence-electron chi connectivity index (χ1n) is 5.19. The second-order valence-corrected chi connectivity index (χ2v) is 4.99. The molecule has 1 N–H and O–H groups in total. The van der Waals surface area contributed by atoms with E-state index in [1.807, 2.05) is 24.3 Å². The minimum absolute atomic E-state index is 0.290. The third kappa shape index (κ3) is 3.23. The molecule has 0 spiro atoms. The van der Waals surface area contributed by atoms with E-state index in [0.717, 1.165) is 15.3 Å². The largest absolute Gasteiger partial charge is 0.388 e. The fourth-order valence-electron chi connectivity index (χ4n) is 1.61. The van der Waals surface area contributed by atoms with Gasteiger partial charge in [0.25, 0.3) is 0 Å². The van der Waals surface area contributed by atoms with Gasteiger partial charge in [0.1, 0.15) is 5.82 Å². The number of hydrogen-bond acceptors (Lipinski definition) is 2. The predicted molar refractivity (Wildman–Crippen MR) is 72.0 cm³/mol. The lowest BCUT2D eigenvalue weighted by Gasteiger charge is -2.11. The first-order chi connectivity index (χ1) is 8.16. The minimum Gasteiger partial charge on any atom is -0.388 e. The zero-order valence-electron chi connectivity index (χ0n) is 8.98. The Hall–Kier alpha value is -1.01. The summed E-state index contributed by atoms with van der Waals surface area (Å²) in [6.07, 6.45) is 2.16. The highest BCUT2D eigenvalue weighted by Gasteiger charge is 2.12. The molecule has 0 amide bonds. The van der Waals surface area contributed by atoms with Crippen LogP contribution in [-0.4, -0.2) is 10.1 Å². The van der Waals surface area contributed by atoms with Gasteiger partial charge >= 0.3 is 0 Å². The fourth-order valence-corrected chi connectivity index (χ4v) is 1.97. The fraction of sp³-hybridized carbons (Fsp3) is 0.154. The van der Waals surface area contributed by atoms with Crippen molar-refractivity contribution in [1.29, 1.82) is 0 Å². The van der Waals surface area contributed by atoms with Crippen LogP contribution in [0.15, 0.2) is 42.7 Å². The number of halogens is 2. The number of benzene rings is 1. The molecule has 4 heteroatoms. The molecule has 0 bridgehead atoms. The van der Waals surface area contributed by atoms with Crippen LogP contribution in [-0.2, 0) is 6.42 Å². The van der Waals surface area contributed by atoms with Gasteiger partial charge in [-0.05, 0) is 46.4 Å². The summed E-state index contributed by atoms with van der Waals surface area (Å²) >= 11 is 2.22. The van der Waals surface area contributed by atoms with Crippen LogP contribution in [0.25, 0.3) is 0 Å². The highest BCUT2D eigenvalue weighted by Crippen LogP contribution is 2.20. The van der Waals surface area contributed by atoms with E-state index in [4.69, 9.17) is 0 Å². The summed E-state index contributed by atoms with van der Waals surface area (Å²) in [6.45, 7) is 0. The Balaban J connectivity index is 2.14. The summed E-state index contributed by atoms with van der Waals surface area (Å²) in [6, 6.07) is 9.30. The second kappa shape index (κ2) is 5.55. The van der Waals surface area contributed by atoms with E-state index < -0.39 is 11.9 Å². The van der Waals surface area contributed by atoms with Crippen molar-refractivity contribution in [3.05, 3.63) is 63.2 Å². The molecule has 0 fully saturated rings. The monoisotopic (exact) mass is 343 g/mol. The summed E-state index contributed by atoms with van der Waals surface area (Å²) in [5, 5.41) is 9.95. The van der Waals surface area contributed by atoms with Gasteiger partial charge in [0, 0.05) is 21.8 Å². The molecule has 0 radical (unpaired) electrons. The first-order valence-corrected chi connectivity index (χ1v) is 6.26. The number of aromatic nitrogens is 1. The third-order valence-corrected chi connectivity index (χ3v) is 3.22. The molecule has 1 atom stereocenters. The molecule has 1 heterocycles. The van der Waals surface area contributed by atoms with Crippen molar-refractivity contribution in [2.75, 3.05) is 0 Å². The zero-order chi connectivity index (χ0) is 12.3. The van der Waals surface area contributed by atoms with Gasteiger partial charge in [0.2, 0.25) is 0 Å². The SMILES string of the molecule is OC(Cc1ccc(I)cc1)c1ccncc1F. The Morgan fingerprint density at radius 3 is 2.59 bits per heavy atom. The van der Waals surface area contributed by atoms with Crippen LogP contribution in [0.4, 0.5) is 4.39 Å². The molecular weight excluding hydrogens is 332 g/mol. The van der Waals surface area contributed by atoms with Gasteiger partial charge in [0.15, 0.2) is 0 Å². The maximum Gasteiger partial charge on any atom is 0.147 e. The number of rotatable bonds is 3. The molecule has 1 unspecified atom stereocenters. The number of aliphatic hydroxyl groups excluding tert-OH is 1. The normalized spacial score (nSPS) is 12.4. The lowest BCUT2D eigenvalue weighted by atomic mass is 10.0. The number of pyridine rings is 1. The highest BCUT2D eigenvalue weighted by molar-refractivity contribution is 14.1. The number of hydrogen-bond donors (Lipinski definition) is 1. The summed E-state index contributed by atoms with van der Waals surface area (Å²) in [5.41, 5.74) is 1.27. The summed E-state index contributed by atoms with van der Waals surface area (Å²) in [5.74, 6) is -0.467. The molecule has 0 aliphatic rings. The highest BCUT2D eigenvalue weighted by atomic mass is 127. The average molecular weight is 343 g/mol. The molecule has 1 aromatic heterocycles. The van der Waals surface area contributed by atoms with E-state index in [2.05, 4.69) is 27.6 Å². The van der Waals surface area contributed by atoms with Gasteiger partial charge in [-0.3, -0.25) is 4.98 Å². The summed E-state index contributed by atoms with van der Waals surface area (Å²) in [7, 11) is 0. The van der Waals surface area contributed by atoms with Crippen LogP contribution in [0.1, 0.15) is 17.2 Å². The Labute approximate surface area is 113 Å². The van der Waals surface area contributed by atoms with Crippen LogP contribution in [0.2, 0.25) is 0 Å². The van der Waals surface area contributed by atoms with E-state index in [0.29, 0.717) is 12.0 Å². The molecule has 2 aromatic rings. The number of aliphatic hydroxyl groups is 1. The molecule has 1 aromatic carbocycles. The van der Waals surface area contributed by atoms with Gasteiger partial charge in [-0.2, -0.15) is 0 Å². The minimum atomic E-state index is -0.835. The molecule has 0 saturated carbocycles. The predicted octanol–water partition coefficient (Wildman–Crippen LogP) is 3.10. The lowest BCUT2D eigenvalue weighted by Crippen LogP contribution is -2.04. The maximum atomic E-state index is 13.4. The van der Waals surface area contributed by atoms with E-state index in [-0.39, 0.29) is 0 Å². The Morgan fingerprint density at radius 2 is 1.94 bits per heavy atom. The maximum absolute atomic E-state index is 13.4. The standard InChI is InChI=1S/C13H11FINO/c14-12-8-16-6-5-11(12)13(17)7-9-1-3-10(15)4-2-9/h1-6,8,13,17H,7H2. The summed E-state index contributed by atoms with van der Waals surface area (Å²) < 4.78 is 14.5. The lowest BCUT2D eigenvalue weighted by molar-refractivity contribution is 0.173. The van der Waals surface area contributed by atoms with Crippen molar-refractivity contribution < 1.29 is 9.50 Å². The van der Waals surface area contributed by atoms with E-state index in [9.17, 15) is 9.50 Å². The summed E-state index contributed by atoms with van der Waals surface area (Å²) in [4.78, 5) is 3.66. The van der Waals surface area contributed by atoms with Crippen molar-refractivity contribution >= 4 is 22.6 Å². The van der Waals surface area contributed by atoms with Crippen LogP contribution < -0.4 is 0 Å². The molecule has 17 heavy (non-hydrogen) atoms. The quantitative estimate of drug-likeness (QED) is 0.869. The van der Waals surface area contributed by atoms with Crippen molar-refractivity contribution in [2.45, 2.75) is 12.5 Å². The zero-order valence-corrected chi connectivity index (χ0v) is 11.1. The number of nitrogens with zero attached hydrogens (tertiary/aromatic N) is 1. The molecule has 2 nitrogen and oxygen atoms in total. The van der Waals surface area contributed by atoms with Crippen LogP contribution in [0, 0.1) is 9.39 Å². The van der Waals surface area contributed by atoms with Gasteiger partial charge in [0.05, 0.1) is 12.3 Å². The van der Waals surface area contributed by atoms with E-state index in [1.54, 1.807) is 0 Å².